The van der Waals surface area contributed by atoms with Crippen LogP contribution in [0.2, 0.25) is 0 Å². The van der Waals surface area contributed by atoms with Gasteiger partial charge in [-0.25, -0.2) is 0 Å². The normalized spacial score (nSPS) is 12.5. The van der Waals surface area contributed by atoms with E-state index < -0.39 is 15.7 Å². The third kappa shape index (κ3) is 9.33. The second-order valence-electron chi connectivity index (χ2n) is 7.10. The van der Waals surface area contributed by atoms with Crippen LogP contribution in [0, 0.1) is 6.92 Å². The molecule has 0 unspecified atom stereocenters. The van der Waals surface area contributed by atoms with Gasteiger partial charge in [-0.15, -0.1) is 0 Å². The Hall–Kier alpha value is -2.22. The van der Waals surface area contributed by atoms with Crippen molar-refractivity contribution in [3.05, 3.63) is 65.7 Å². The zero-order valence-electron chi connectivity index (χ0n) is 16.0. The molecule has 0 aromatic heterocycles. The van der Waals surface area contributed by atoms with Gasteiger partial charge >= 0.3 is 5.97 Å². The van der Waals surface area contributed by atoms with Crippen LogP contribution in [-0.4, -0.2) is 24.5 Å². The van der Waals surface area contributed by atoms with Gasteiger partial charge in [-0.05, 0) is 45.4 Å². The Morgan fingerprint density at radius 2 is 1.59 bits per heavy atom. The maximum Gasteiger partial charge on any atom is 0.308 e. The highest BCUT2D eigenvalue weighted by Crippen LogP contribution is 2.16. The third-order valence-corrected chi connectivity index (χ3v) is 4.22. The first-order valence-corrected chi connectivity index (χ1v) is 9.89. The summed E-state index contributed by atoms with van der Waals surface area (Å²) in [7, 11) is -4.02. The molecule has 0 aliphatic rings. The fourth-order valence-electron chi connectivity index (χ4n) is 2.09. The molecule has 3 N–H and O–H groups in total. The van der Waals surface area contributed by atoms with E-state index in [9.17, 15) is 13.2 Å². The van der Waals surface area contributed by atoms with Gasteiger partial charge in [0.2, 0.25) is 0 Å². The van der Waals surface area contributed by atoms with Gasteiger partial charge in [0.15, 0.2) is 0 Å². The first kappa shape index (κ1) is 22.8. The van der Waals surface area contributed by atoms with Crippen molar-refractivity contribution in [1.82, 2.24) is 0 Å². The molecule has 2 rings (SSSR count). The molecule has 0 fully saturated rings. The molecule has 27 heavy (non-hydrogen) atoms. The molecular formula is C20H27NO5S. The molecular weight excluding hydrogens is 366 g/mol. The van der Waals surface area contributed by atoms with Crippen molar-refractivity contribution in [3.63, 3.8) is 0 Å². The number of ether oxygens (including phenoxy) is 1. The van der Waals surface area contributed by atoms with Crippen molar-refractivity contribution >= 4 is 16.1 Å². The molecule has 148 valence electrons. The van der Waals surface area contributed by atoms with Crippen LogP contribution in [0.1, 0.15) is 44.4 Å². The highest BCUT2D eigenvalue weighted by atomic mass is 32.2. The third-order valence-electron chi connectivity index (χ3n) is 3.35. The van der Waals surface area contributed by atoms with E-state index in [0.29, 0.717) is 0 Å². The van der Waals surface area contributed by atoms with Gasteiger partial charge in [0.25, 0.3) is 10.1 Å². The van der Waals surface area contributed by atoms with Crippen molar-refractivity contribution < 1.29 is 22.5 Å². The van der Waals surface area contributed by atoms with Crippen LogP contribution in [0.4, 0.5) is 0 Å². The molecule has 2 aromatic rings. The van der Waals surface area contributed by atoms with Gasteiger partial charge in [-0.1, -0.05) is 48.0 Å². The summed E-state index contributed by atoms with van der Waals surface area (Å²) in [6.45, 7) is 7.38. The van der Waals surface area contributed by atoms with Gasteiger partial charge < -0.3 is 10.5 Å². The summed E-state index contributed by atoms with van der Waals surface area (Å²) in [6, 6.07) is 15.3. The number of nitrogens with two attached hydrogens (primary N) is 1. The molecule has 0 heterocycles. The lowest BCUT2D eigenvalue weighted by molar-refractivity contribution is -0.155. The molecule has 0 radical (unpaired) electrons. The maximum atomic E-state index is 11.5. The summed E-state index contributed by atoms with van der Waals surface area (Å²) >= 11 is 0. The molecule has 0 spiro atoms. The lowest BCUT2D eigenvalue weighted by Gasteiger charge is -2.21. The minimum Gasteiger partial charge on any atom is -0.460 e. The Bertz CT molecular complexity index is 825. The number of aryl methyl sites for hydroxylation is 1. The quantitative estimate of drug-likeness (QED) is 0.606. The molecule has 7 heteroatoms. The van der Waals surface area contributed by atoms with Gasteiger partial charge in [0, 0.05) is 6.04 Å². The molecule has 0 saturated carbocycles. The standard InChI is InChI=1S/C13H19NO2.C7H8O3S/c1-13(2,3)16-12(15)9-11(14)10-7-5-4-6-8-10;1-6-2-4-7(5-3-6)11(8,9)10/h4-8,11H,9,14H2,1-3H3;2-5H,1H3,(H,8,9,10)/t11-;/m0./s1. The van der Waals surface area contributed by atoms with Crippen molar-refractivity contribution in [2.24, 2.45) is 5.73 Å². The average Bonchev–Trinajstić information content (AvgIpc) is 2.54. The lowest BCUT2D eigenvalue weighted by atomic mass is 10.0. The summed E-state index contributed by atoms with van der Waals surface area (Å²) in [5.74, 6) is -0.260. The molecule has 2 aromatic carbocycles. The van der Waals surface area contributed by atoms with E-state index in [-0.39, 0.29) is 23.3 Å². The Labute approximate surface area is 161 Å². The fraction of sp³-hybridized carbons (Fsp3) is 0.350. The first-order valence-electron chi connectivity index (χ1n) is 8.45. The average molecular weight is 394 g/mol. The van der Waals surface area contributed by atoms with Crippen LogP contribution in [0.5, 0.6) is 0 Å². The molecule has 0 aliphatic heterocycles. The topological polar surface area (TPSA) is 107 Å². The second kappa shape index (κ2) is 9.64. The predicted molar refractivity (Wildman–Crippen MR) is 105 cm³/mol. The van der Waals surface area contributed by atoms with Gasteiger partial charge in [0.1, 0.15) is 5.60 Å². The first-order chi connectivity index (χ1) is 12.4. The number of carbonyl (C=O) groups is 1. The summed E-state index contributed by atoms with van der Waals surface area (Å²) in [5.41, 5.74) is 7.37. The second-order valence-corrected chi connectivity index (χ2v) is 8.52. The smallest absolute Gasteiger partial charge is 0.308 e. The molecule has 1 atom stereocenters. The van der Waals surface area contributed by atoms with Crippen LogP contribution in [-0.2, 0) is 19.6 Å². The number of carbonyl (C=O) groups excluding carboxylic acids is 1. The van der Waals surface area contributed by atoms with Gasteiger partial charge in [-0.2, -0.15) is 8.42 Å². The van der Waals surface area contributed by atoms with Crippen LogP contribution >= 0.6 is 0 Å². The zero-order valence-corrected chi connectivity index (χ0v) is 16.9. The molecule has 0 saturated heterocycles. The van der Waals surface area contributed by atoms with Crippen molar-refractivity contribution in [3.8, 4) is 0 Å². The van der Waals surface area contributed by atoms with Crippen molar-refractivity contribution in [2.45, 2.75) is 50.7 Å². The predicted octanol–water partition coefficient (Wildman–Crippen LogP) is 3.66. The number of esters is 1. The van der Waals surface area contributed by atoms with E-state index in [2.05, 4.69) is 0 Å². The van der Waals surface area contributed by atoms with E-state index in [1.807, 2.05) is 58.0 Å². The van der Waals surface area contributed by atoms with E-state index in [1.54, 1.807) is 12.1 Å². The number of benzene rings is 2. The van der Waals surface area contributed by atoms with E-state index in [0.717, 1.165) is 11.1 Å². The summed E-state index contributed by atoms with van der Waals surface area (Å²) < 4.78 is 34.8. The highest BCUT2D eigenvalue weighted by Gasteiger charge is 2.19. The molecule has 0 aliphatic carbocycles. The Morgan fingerprint density at radius 3 is 2.04 bits per heavy atom. The highest BCUT2D eigenvalue weighted by molar-refractivity contribution is 7.85. The minimum atomic E-state index is -4.02. The monoisotopic (exact) mass is 393 g/mol. The molecule has 0 amide bonds. The number of hydrogen-bond donors (Lipinski definition) is 2. The molecule has 6 nitrogen and oxygen atoms in total. The number of hydrogen-bond acceptors (Lipinski definition) is 5. The minimum absolute atomic E-state index is 0.0666. The van der Waals surface area contributed by atoms with Crippen molar-refractivity contribution in [2.75, 3.05) is 0 Å². The molecule has 0 bridgehead atoms. The van der Waals surface area contributed by atoms with Crippen LogP contribution in [0.15, 0.2) is 59.5 Å². The van der Waals surface area contributed by atoms with E-state index >= 15 is 0 Å². The van der Waals surface area contributed by atoms with Crippen LogP contribution in [0.3, 0.4) is 0 Å². The van der Waals surface area contributed by atoms with Gasteiger partial charge in [-0.3, -0.25) is 9.35 Å². The van der Waals surface area contributed by atoms with Crippen molar-refractivity contribution in [1.29, 1.82) is 0 Å². The summed E-state index contributed by atoms with van der Waals surface area (Å²) in [6.07, 6.45) is 0.210. The van der Waals surface area contributed by atoms with Gasteiger partial charge in [0.05, 0.1) is 11.3 Å². The van der Waals surface area contributed by atoms with E-state index in [1.165, 1.54) is 12.1 Å². The van der Waals surface area contributed by atoms with E-state index in [4.69, 9.17) is 15.0 Å². The Balaban J connectivity index is 0.000000289. The van der Waals surface area contributed by atoms with Crippen LogP contribution in [0.25, 0.3) is 0 Å². The SMILES string of the molecule is CC(C)(C)OC(=O)C[C@H](N)c1ccccc1.Cc1ccc(S(=O)(=O)O)cc1. The summed E-state index contributed by atoms with van der Waals surface area (Å²) in [4.78, 5) is 11.5. The number of rotatable bonds is 4. The zero-order chi connectivity index (χ0) is 20.7. The maximum absolute atomic E-state index is 11.5. The largest absolute Gasteiger partial charge is 0.460 e. The van der Waals surface area contributed by atoms with Crippen LogP contribution < -0.4 is 5.73 Å². The Morgan fingerprint density at radius 1 is 1.07 bits per heavy atom. The summed E-state index contributed by atoms with van der Waals surface area (Å²) in [5, 5.41) is 0. The Kier molecular flexibility index (Phi) is 8.15. The lowest BCUT2D eigenvalue weighted by Crippen LogP contribution is -2.26. The fourth-order valence-corrected chi connectivity index (χ4v) is 2.57.